The number of carbonyl (C=O) groups is 1. The Balaban J connectivity index is 2.30. The van der Waals surface area contributed by atoms with Crippen molar-refractivity contribution in [2.75, 3.05) is 0 Å². The molecule has 0 atom stereocenters. The van der Waals surface area contributed by atoms with Crippen molar-refractivity contribution >= 4 is 12.1 Å². The molecule has 1 N–H and O–H groups in total. The van der Waals surface area contributed by atoms with Gasteiger partial charge >= 0.3 is 0 Å². The lowest BCUT2D eigenvalue weighted by molar-refractivity contribution is -0.620. The molecule has 2 rings (SSSR count). The zero-order valence-electron chi connectivity index (χ0n) is 9.90. The van der Waals surface area contributed by atoms with Crippen LogP contribution in [0.1, 0.15) is 31.4 Å². The molecule has 1 aromatic carbocycles. The summed E-state index contributed by atoms with van der Waals surface area (Å²) in [5.74, 6) is 0.0277. The predicted molar refractivity (Wildman–Crippen MR) is 63.4 cm³/mol. The molecule has 0 saturated carbocycles. The zero-order chi connectivity index (χ0) is 12.5. The molecule has 0 aromatic heterocycles. The fourth-order valence-electron chi connectivity index (χ4n) is 1.80. The third-order valence-electron chi connectivity index (χ3n) is 2.81. The van der Waals surface area contributed by atoms with Crippen molar-refractivity contribution in [3.05, 3.63) is 35.4 Å². The summed E-state index contributed by atoms with van der Waals surface area (Å²) in [6, 6.07) is 9.32. The number of benzene rings is 1. The molecule has 17 heavy (non-hydrogen) atoms. The van der Waals surface area contributed by atoms with E-state index >= 15 is 0 Å². The molecule has 1 saturated heterocycles. The van der Waals surface area contributed by atoms with Crippen molar-refractivity contribution < 1.29 is 9.48 Å². The lowest BCUT2D eigenvalue weighted by Crippen LogP contribution is -2.36. The van der Waals surface area contributed by atoms with Crippen molar-refractivity contribution in [3.8, 4) is 6.07 Å². The summed E-state index contributed by atoms with van der Waals surface area (Å²) in [6.45, 7) is 4.01. The van der Waals surface area contributed by atoms with Gasteiger partial charge in [-0.3, -0.25) is 4.79 Å². The fraction of sp³-hybridized carbons (Fsp3) is 0.308. The summed E-state index contributed by atoms with van der Waals surface area (Å²) >= 11 is 0. The molecule has 0 radical (unpaired) electrons. The lowest BCUT2D eigenvalue weighted by atomic mass is 10.0. The molecule has 1 fully saturated rings. The summed E-state index contributed by atoms with van der Waals surface area (Å²) < 4.78 is 1.82. The number of hydrogen-bond acceptors (Lipinski definition) is 2. The Hall–Kier alpha value is -2.15. The Morgan fingerprint density at radius 2 is 2.06 bits per heavy atom. The normalized spacial score (nSPS) is 20.1. The number of hydrazone groups is 1. The van der Waals surface area contributed by atoms with Gasteiger partial charge in [-0.05, 0) is 24.3 Å². The number of amides is 1. The molecular formula is C13H14N3O+. The smallest absolute Gasteiger partial charge is 0.269 e. The summed E-state index contributed by atoms with van der Waals surface area (Å²) in [7, 11) is 0. The van der Waals surface area contributed by atoms with Gasteiger partial charge in [-0.1, -0.05) is 0 Å². The topological polar surface area (TPSA) is 55.9 Å². The highest BCUT2D eigenvalue weighted by Crippen LogP contribution is 2.18. The molecular weight excluding hydrogens is 214 g/mol. The van der Waals surface area contributed by atoms with Crippen LogP contribution in [0.2, 0.25) is 0 Å². The number of hydrazine groups is 1. The maximum Gasteiger partial charge on any atom is 0.281 e. The van der Waals surface area contributed by atoms with Gasteiger partial charge in [0.1, 0.15) is 0 Å². The number of rotatable bonds is 1. The molecule has 0 spiro atoms. The van der Waals surface area contributed by atoms with E-state index in [1.807, 2.05) is 36.9 Å². The highest BCUT2D eigenvalue weighted by molar-refractivity contribution is 5.80. The van der Waals surface area contributed by atoms with E-state index in [-0.39, 0.29) is 11.4 Å². The van der Waals surface area contributed by atoms with Gasteiger partial charge in [0.15, 0.2) is 5.54 Å². The van der Waals surface area contributed by atoms with Crippen LogP contribution in [0.4, 0.5) is 0 Å². The largest absolute Gasteiger partial charge is 0.281 e. The quantitative estimate of drug-likeness (QED) is 0.734. The number of carbonyl (C=O) groups excluding carboxylic acids is 1. The molecule has 0 unspecified atom stereocenters. The summed E-state index contributed by atoms with van der Waals surface area (Å²) in [4.78, 5) is 11.3. The maximum absolute atomic E-state index is 11.3. The highest BCUT2D eigenvalue weighted by atomic mass is 16.2. The number of hydrogen-bond donors (Lipinski definition) is 1. The molecule has 86 valence electrons. The fourth-order valence-corrected chi connectivity index (χ4v) is 1.80. The highest BCUT2D eigenvalue weighted by Gasteiger charge is 2.42. The monoisotopic (exact) mass is 228 g/mol. The van der Waals surface area contributed by atoms with Crippen LogP contribution in [-0.4, -0.2) is 22.3 Å². The third-order valence-corrected chi connectivity index (χ3v) is 2.81. The Labute approximate surface area is 100 Å². The van der Waals surface area contributed by atoms with E-state index in [1.165, 1.54) is 0 Å². The minimum atomic E-state index is -0.217. The lowest BCUT2D eigenvalue weighted by Gasteiger charge is -2.09. The Kier molecular flexibility index (Phi) is 2.68. The molecule has 1 amide bonds. The van der Waals surface area contributed by atoms with Crippen LogP contribution in [0.25, 0.3) is 0 Å². The summed E-state index contributed by atoms with van der Waals surface area (Å²) in [5, 5.41) is 8.70. The zero-order valence-corrected chi connectivity index (χ0v) is 9.90. The van der Waals surface area contributed by atoms with Crippen molar-refractivity contribution in [1.29, 1.82) is 5.26 Å². The first-order chi connectivity index (χ1) is 8.01. The number of nitrogens with zero attached hydrogens (tertiary/aromatic N) is 2. The second-order valence-electron chi connectivity index (χ2n) is 4.76. The van der Waals surface area contributed by atoms with Crippen LogP contribution in [0.15, 0.2) is 24.3 Å². The van der Waals surface area contributed by atoms with Crippen molar-refractivity contribution in [1.82, 2.24) is 5.43 Å². The van der Waals surface area contributed by atoms with Crippen LogP contribution >= 0.6 is 0 Å². The Bertz CT molecular complexity index is 521. The van der Waals surface area contributed by atoms with Gasteiger partial charge in [-0.15, -0.1) is 10.1 Å². The first kappa shape index (κ1) is 11.3. The van der Waals surface area contributed by atoms with Crippen LogP contribution in [0, 0.1) is 11.3 Å². The van der Waals surface area contributed by atoms with E-state index < -0.39 is 0 Å². The second-order valence-corrected chi connectivity index (χ2v) is 4.76. The average Bonchev–Trinajstić information content (AvgIpc) is 2.53. The van der Waals surface area contributed by atoms with E-state index in [4.69, 9.17) is 5.26 Å². The van der Waals surface area contributed by atoms with Gasteiger partial charge < -0.3 is 0 Å². The molecule has 1 aromatic rings. The van der Waals surface area contributed by atoms with Crippen LogP contribution in [0.3, 0.4) is 0 Å². The summed E-state index contributed by atoms with van der Waals surface area (Å²) in [6.07, 6.45) is 2.37. The maximum atomic E-state index is 11.3. The molecule has 1 heterocycles. The van der Waals surface area contributed by atoms with Gasteiger partial charge in [0.2, 0.25) is 6.21 Å². The van der Waals surface area contributed by atoms with Gasteiger partial charge in [0.05, 0.1) is 18.1 Å². The van der Waals surface area contributed by atoms with Crippen molar-refractivity contribution in [2.24, 2.45) is 0 Å². The van der Waals surface area contributed by atoms with Crippen LogP contribution < -0.4 is 5.43 Å². The molecule has 0 aliphatic carbocycles. The molecule has 4 heteroatoms. The van der Waals surface area contributed by atoms with Gasteiger partial charge in [0.25, 0.3) is 5.91 Å². The number of nitriles is 1. The van der Waals surface area contributed by atoms with E-state index in [0.717, 1.165) is 5.56 Å². The molecule has 0 bridgehead atoms. The van der Waals surface area contributed by atoms with Crippen molar-refractivity contribution in [2.45, 2.75) is 25.8 Å². The molecule has 1 aliphatic heterocycles. The SMILES string of the molecule is CC1(C)CC(=O)N/[N+]1=C/c1ccc(C#N)cc1. The van der Waals surface area contributed by atoms with E-state index in [0.29, 0.717) is 12.0 Å². The van der Waals surface area contributed by atoms with E-state index in [1.54, 1.807) is 12.1 Å². The Morgan fingerprint density at radius 1 is 1.41 bits per heavy atom. The Morgan fingerprint density at radius 3 is 2.53 bits per heavy atom. The van der Waals surface area contributed by atoms with E-state index in [9.17, 15) is 4.79 Å². The minimum Gasteiger partial charge on any atom is -0.269 e. The van der Waals surface area contributed by atoms with Crippen molar-refractivity contribution in [3.63, 3.8) is 0 Å². The number of nitrogens with one attached hydrogen (secondary N) is 1. The average molecular weight is 228 g/mol. The molecule has 4 nitrogen and oxygen atoms in total. The summed E-state index contributed by atoms with van der Waals surface area (Å²) in [5.41, 5.74) is 4.17. The second kappa shape index (κ2) is 4.02. The standard InChI is InChI=1S/C13H13N3O/c1-13(2)7-12(17)15-16(13)9-11-5-3-10(8-14)4-6-11/h3-6,9H,7H2,1-2H3/p+1/b16-9+. The van der Waals surface area contributed by atoms with Gasteiger partial charge in [0, 0.05) is 19.4 Å². The third kappa shape index (κ3) is 2.34. The first-order valence-electron chi connectivity index (χ1n) is 5.45. The van der Waals surface area contributed by atoms with Crippen LogP contribution in [-0.2, 0) is 4.79 Å². The molecule has 1 aliphatic rings. The van der Waals surface area contributed by atoms with Crippen LogP contribution in [0.5, 0.6) is 0 Å². The van der Waals surface area contributed by atoms with Gasteiger partial charge in [-0.25, -0.2) is 0 Å². The van der Waals surface area contributed by atoms with E-state index in [2.05, 4.69) is 11.5 Å². The van der Waals surface area contributed by atoms with Gasteiger partial charge in [-0.2, -0.15) is 5.26 Å². The minimum absolute atomic E-state index is 0.0277. The first-order valence-corrected chi connectivity index (χ1v) is 5.45. The predicted octanol–water partition coefficient (Wildman–Crippen LogP) is 1.20.